The SMILES string of the molecule is N#Cc1c(/N=C/c2ccccc2I)sc2c1CCCC2. The molecule has 0 saturated carbocycles. The van der Waals surface area contributed by atoms with Crippen molar-refractivity contribution in [1.82, 2.24) is 0 Å². The highest BCUT2D eigenvalue weighted by atomic mass is 127. The zero-order valence-corrected chi connectivity index (χ0v) is 13.9. The van der Waals surface area contributed by atoms with Gasteiger partial charge in [-0.3, -0.25) is 0 Å². The molecule has 0 fully saturated rings. The molecule has 1 aliphatic rings. The molecule has 1 aliphatic carbocycles. The lowest BCUT2D eigenvalue weighted by atomic mass is 9.96. The maximum atomic E-state index is 9.40. The monoisotopic (exact) mass is 392 g/mol. The lowest BCUT2D eigenvalue weighted by Crippen LogP contribution is -1.99. The predicted octanol–water partition coefficient (Wildman–Crippen LogP) is 4.85. The largest absolute Gasteiger partial charge is 0.244 e. The molecule has 1 heterocycles. The Morgan fingerprint density at radius 3 is 2.85 bits per heavy atom. The van der Waals surface area contributed by atoms with Gasteiger partial charge in [-0.15, -0.1) is 11.3 Å². The van der Waals surface area contributed by atoms with E-state index in [4.69, 9.17) is 0 Å². The summed E-state index contributed by atoms with van der Waals surface area (Å²) in [5.41, 5.74) is 3.15. The van der Waals surface area contributed by atoms with Crippen molar-refractivity contribution in [3.8, 4) is 6.07 Å². The molecule has 100 valence electrons. The summed E-state index contributed by atoms with van der Waals surface area (Å²) in [5.74, 6) is 0. The zero-order chi connectivity index (χ0) is 13.9. The Balaban J connectivity index is 1.97. The second-order valence-electron chi connectivity index (χ2n) is 4.78. The van der Waals surface area contributed by atoms with E-state index >= 15 is 0 Å². The Morgan fingerprint density at radius 1 is 1.25 bits per heavy atom. The normalized spacial score (nSPS) is 14.2. The average Bonchev–Trinajstić information content (AvgIpc) is 2.84. The van der Waals surface area contributed by atoms with Crippen LogP contribution in [-0.4, -0.2) is 6.21 Å². The molecule has 0 atom stereocenters. The molecule has 1 aromatic heterocycles. The fraction of sp³-hybridized carbons (Fsp3) is 0.250. The van der Waals surface area contributed by atoms with Crippen molar-refractivity contribution < 1.29 is 0 Å². The lowest BCUT2D eigenvalue weighted by Gasteiger charge is -2.09. The number of fused-ring (bicyclic) bond motifs is 1. The van der Waals surface area contributed by atoms with Crippen LogP contribution in [0, 0.1) is 14.9 Å². The van der Waals surface area contributed by atoms with Crippen molar-refractivity contribution in [2.75, 3.05) is 0 Å². The van der Waals surface area contributed by atoms with Crippen LogP contribution in [0.4, 0.5) is 5.00 Å². The molecular weight excluding hydrogens is 379 g/mol. The van der Waals surface area contributed by atoms with Crippen LogP contribution in [0.3, 0.4) is 0 Å². The van der Waals surface area contributed by atoms with E-state index in [0.29, 0.717) is 0 Å². The van der Waals surface area contributed by atoms with E-state index in [1.165, 1.54) is 26.9 Å². The quantitative estimate of drug-likeness (QED) is 0.532. The van der Waals surface area contributed by atoms with Crippen LogP contribution >= 0.6 is 33.9 Å². The third-order valence-corrected chi connectivity index (χ3v) is 5.67. The summed E-state index contributed by atoms with van der Waals surface area (Å²) in [6, 6.07) is 10.5. The number of rotatable bonds is 2. The zero-order valence-electron chi connectivity index (χ0n) is 10.9. The molecule has 3 rings (SSSR count). The van der Waals surface area contributed by atoms with E-state index < -0.39 is 0 Å². The van der Waals surface area contributed by atoms with Crippen molar-refractivity contribution in [2.24, 2.45) is 4.99 Å². The van der Waals surface area contributed by atoms with Gasteiger partial charge in [0.2, 0.25) is 0 Å². The van der Waals surface area contributed by atoms with Gasteiger partial charge in [-0.25, -0.2) is 4.99 Å². The third-order valence-electron chi connectivity index (χ3n) is 3.49. The van der Waals surface area contributed by atoms with Gasteiger partial charge in [0.15, 0.2) is 0 Å². The van der Waals surface area contributed by atoms with Crippen molar-refractivity contribution in [3.63, 3.8) is 0 Å². The minimum absolute atomic E-state index is 0.798. The smallest absolute Gasteiger partial charge is 0.134 e. The fourth-order valence-corrected chi connectivity index (χ4v) is 4.18. The van der Waals surface area contributed by atoms with E-state index in [0.717, 1.165) is 29.0 Å². The molecule has 20 heavy (non-hydrogen) atoms. The van der Waals surface area contributed by atoms with Gasteiger partial charge < -0.3 is 0 Å². The molecule has 0 bridgehead atoms. The first-order valence-electron chi connectivity index (χ1n) is 6.63. The highest BCUT2D eigenvalue weighted by molar-refractivity contribution is 14.1. The van der Waals surface area contributed by atoms with Crippen LogP contribution in [0.5, 0.6) is 0 Å². The summed E-state index contributed by atoms with van der Waals surface area (Å²) < 4.78 is 1.17. The van der Waals surface area contributed by atoms with E-state index in [2.05, 4.69) is 39.7 Å². The Hall–Kier alpha value is -1.19. The van der Waals surface area contributed by atoms with E-state index in [9.17, 15) is 5.26 Å². The van der Waals surface area contributed by atoms with Crippen LogP contribution < -0.4 is 0 Å². The Bertz CT molecular complexity index is 710. The molecule has 0 unspecified atom stereocenters. The maximum Gasteiger partial charge on any atom is 0.134 e. The first-order chi connectivity index (χ1) is 9.79. The van der Waals surface area contributed by atoms with Crippen LogP contribution in [0.25, 0.3) is 0 Å². The van der Waals surface area contributed by atoms with E-state index in [1.54, 1.807) is 11.3 Å². The van der Waals surface area contributed by atoms with Gasteiger partial charge in [0.05, 0.1) is 5.56 Å². The predicted molar refractivity (Wildman–Crippen MR) is 92.1 cm³/mol. The molecule has 0 radical (unpaired) electrons. The van der Waals surface area contributed by atoms with Gasteiger partial charge in [0.1, 0.15) is 11.1 Å². The Morgan fingerprint density at radius 2 is 2.05 bits per heavy atom. The van der Waals surface area contributed by atoms with Gasteiger partial charge in [-0.2, -0.15) is 5.26 Å². The molecule has 2 nitrogen and oxygen atoms in total. The average molecular weight is 392 g/mol. The number of benzene rings is 1. The van der Waals surface area contributed by atoms with Crippen molar-refractivity contribution in [2.45, 2.75) is 25.7 Å². The summed E-state index contributed by atoms with van der Waals surface area (Å²) in [6.45, 7) is 0. The molecule has 0 aliphatic heterocycles. The summed E-state index contributed by atoms with van der Waals surface area (Å²) in [6.07, 6.45) is 6.44. The van der Waals surface area contributed by atoms with Crippen LogP contribution in [0.2, 0.25) is 0 Å². The van der Waals surface area contributed by atoms with Gasteiger partial charge in [-0.05, 0) is 59.9 Å². The molecule has 1 aromatic carbocycles. The molecule has 0 saturated heterocycles. The topological polar surface area (TPSA) is 36.1 Å². The van der Waals surface area contributed by atoms with Crippen LogP contribution in [0.1, 0.15) is 34.4 Å². The molecule has 0 amide bonds. The summed E-state index contributed by atoms with van der Waals surface area (Å²) in [5, 5.41) is 10.3. The second-order valence-corrected chi connectivity index (χ2v) is 7.03. The second kappa shape index (κ2) is 6.06. The summed E-state index contributed by atoms with van der Waals surface area (Å²) >= 11 is 3.99. The number of thiophene rings is 1. The maximum absolute atomic E-state index is 9.40. The standard InChI is InChI=1S/C16H13IN2S/c17-14-7-3-1-5-11(14)10-19-16-13(9-18)12-6-2-4-8-15(12)20-16/h1,3,5,7,10H,2,4,6,8H2/b19-10+. The molecule has 0 N–H and O–H groups in total. The Kier molecular flexibility index (Phi) is 4.18. The highest BCUT2D eigenvalue weighted by Gasteiger charge is 2.20. The van der Waals surface area contributed by atoms with Gasteiger partial charge >= 0.3 is 0 Å². The fourth-order valence-electron chi connectivity index (χ4n) is 2.47. The first kappa shape index (κ1) is 13.8. The molecule has 0 spiro atoms. The number of hydrogen-bond acceptors (Lipinski definition) is 3. The van der Waals surface area contributed by atoms with Crippen LogP contribution in [0.15, 0.2) is 29.3 Å². The number of halogens is 1. The lowest BCUT2D eigenvalue weighted by molar-refractivity contribution is 0.696. The highest BCUT2D eigenvalue weighted by Crippen LogP contribution is 2.39. The Labute approximate surface area is 136 Å². The van der Waals surface area contributed by atoms with Gasteiger partial charge in [0, 0.05) is 20.2 Å². The van der Waals surface area contributed by atoms with Crippen molar-refractivity contribution >= 4 is 45.1 Å². The number of aliphatic imine (C=N–C) groups is 1. The summed E-state index contributed by atoms with van der Waals surface area (Å²) in [7, 11) is 0. The number of hydrogen-bond donors (Lipinski definition) is 0. The van der Waals surface area contributed by atoms with Crippen molar-refractivity contribution in [1.29, 1.82) is 5.26 Å². The van der Waals surface area contributed by atoms with E-state index in [-0.39, 0.29) is 0 Å². The first-order valence-corrected chi connectivity index (χ1v) is 8.52. The number of nitrogens with zero attached hydrogens (tertiary/aromatic N) is 2. The van der Waals surface area contributed by atoms with Crippen LogP contribution in [-0.2, 0) is 12.8 Å². The number of aryl methyl sites for hydroxylation is 1. The molecule has 4 heteroatoms. The third kappa shape index (κ3) is 2.65. The number of nitriles is 1. The van der Waals surface area contributed by atoms with Gasteiger partial charge in [-0.1, -0.05) is 18.2 Å². The van der Waals surface area contributed by atoms with E-state index in [1.807, 2.05) is 24.4 Å². The summed E-state index contributed by atoms with van der Waals surface area (Å²) in [4.78, 5) is 5.94. The minimum atomic E-state index is 0.798. The minimum Gasteiger partial charge on any atom is -0.244 e. The van der Waals surface area contributed by atoms with Gasteiger partial charge in [0.25, 0.3) is 0 Å². The van der Waals surface area contributed by atoms with Crippen molar-refractivity contribution in [3.05, 3.63) is 49.4 Å². The molecular formula is C16H13IN2S. The molecule has 2 aromatic rings.